The van der Waals surface area contributed by atoms with Crippen LogP contribution in [0, 0.1) is 0 Å². The van der Waals surface area contributed by atoms with Crippen LogP contribution in [0.15, 0.2) is 23.4 Å². The number of hydrogen-bond acceptors (Lipinski definition) is 7. The van der Waals surface area contributed by atoms with Gasteiger partial charge in [-0.2, -0.15) is 0 Å². The highest BCUT2D eigenvalue weighted by atomic mass is 35.5. The number of amides is 1. The van der Waals surface area contributed by atoms with Crippen molar-refractivity contribution in [1.29, 1.82) is 0 Å². The third-order valence-electron chi connectivity index (χ3n) is 5.92. The number of unbranched alkanes of at least 4 members (excludes halogenated alkanes) is 2. The number of oxime groups is 1. The molecule has 0 aromatic heterocycles. The van der Waals surface area contributed by atoms with Crippen molar-refractivity contribution in [2.45, 2.75) is 78.2 Å². The lowest BCUT2D eigenvalue weighted by molar-refractivity contribution is -0.137. The number of halogens is 1. The number of carbonyl (C=O) groups excluding carboxylic acids is 3. The standard InChI is InChI=1S/C27H37ClN2O6/c1-4-5-6-7-9-12-20(3)36-27(34)25-21(17-31)16-23(32)26(28)22(25)15-19(2)29-35-18-24(33)30-13-10-8-11-14-30/h7,9,16-17,20,32H,4-6,8,10-15,18H2,1-3H3/b9-7+,29-19-/t20-/m1/s1. The van der Waals surface area contributed by atoms with Crippen molar-refractivity contribution in [1.82, 2.24) is 4.90 Å². The van der Waals surface area contributed by atoms with E-state index in [0.717, 1.165) is 57.7 Å². The number of ether oxygens (including phenoxy) is 1. The summed E-state index contributed by atoms with van der Waals surface area (Å²) in [5.74, 6) is -1.17. The van der Waals surface area contributed by atoms with Crippen LogP contribution in [0.25, 0.3) is 0 Å². The maximum Gasteiger partial charge on any atom is 0.339 e. The number of hydrogen-bond donors (Lipinski definition) is 1. The molecule has 1 heterocycles. The van der Waals surface area contributed by atoms with Gasteiger partial charge in [-0.3, -0.25) is 9.59 Å². The molecular weight excluding hydrogens is 484 g/mol. The highest BCUT2D eigenvalue weighted by Crippen LogP contribution is 2.33. The number of carbonyl (C=O) groups is 3. The van der Waals surface area contributed by atoms with Crippen LogP contribution < -0.4 is 0 Å². The third-order valence-corrected chi connectivity index (χ3v) is 6.34. The summed E-state index contributed by atoms with van der Waals surface area (Å²) in [5.41, 5.74) is 0.568. The van der Waals surface area contributed by atoms with Crippen molar-refractivity contribution in [3.05, 3.63) is 39.9 Å². The lowest BCUT2D eigenvalue weighted by Crippen LogP contribution is -2.37. The Morgan fingerprint density at radius 2 is 1.97 bits per heavy atom. The molecule has 0 saturated carbocycles. The van der Waals surface area contributed by atoms with Crippen molar-refractivity contribution in [2.24, 2.45) is 5.16 Å². The molecule has 0 spiro atoms. The topological polar surface area (TPSA) is 106 Å². The Labute approximate surface area is 218 Å². The Morgan fingerprint density at radius 1 is 1.25 bits per heavy atom. The van der Waals surface area contributed by atoms with Gasteiger partial charge in [-0.15, -0.1) is 0 Å². The summed E-state index contributed by atoms with van der Waals surface area (Å²) in [5, 5.41) is 14.1. The van der Waals surface area contributed by atoms with E-state index in [1.807, 2.05) is 6.08 Å². The van der Waals surface area contributed by atoms with Crippen LogP contribution in [-0.4, -0.2) is 59.7 Å². The lowest BCUT2D eigenvalue weighted by Gasteiger charge is -2.26. The van der Waals surface area contributed by atoms with Crippen LogP contribution in [0.2, 0.25) is 5.02 Å². The van der Waals surface area contributed by atoms with Gasteiger partial charge in [0, 0.05) is 31.5 Å². The number of rotatable bonds is 13. The molecule has 2 rings (SSSR count). The molecule has 1 N–H and O–H groups in total. The molecule has 1 aliphatic heterocycles. The molecule has 1 amide bonds. The second-order valence-electron chi connectivity index (χ2n) is 9.05. The molecule has 1 atom stereocenters. The van der Waals surface area contributed by atoms with Crippen LogP contribution in [0.4, 0.5) is 0 Å². The molecule has 0 bridgehead atoms. The largest absolute Gasteiger partial charge is 0.506 e. The van der Waals surface area contributed by atoms with E-state index in [4.69, 9.17) is 21.2 Å². The zero-order valence-corrected chi connectivity index (χ0v) is 22.2. The van der Waals surface area contributed by atoms with E-state index < -0.39 is 12.1 Å². The van der Waals surface area contributed by atoms with Crippen LogP contribution >= 0.6 is 11.6 Å². The van der Waals surface area contributed by atoms with Gasteiger partial charge in [0.1, 0.15) is 11.9 Å². The van der Waals surface area contributed by atoms with Gasteiger partial charge in [-0.25, -0.2) is 4.79 Å². The zero-order valence-electron chi connectivity index (χ0n) is 21.4. The van der Waals surface area contributed by atoms with Gasteiger partial charge >= 0.3 is 5.97 Å². The molecule has 9 heteroatoms. The first-order valence-electron chi connectivity index (χ1n) is 12.6. The highest BCUT2D eigenvalue weighted by molar-refractivity contribution is 6.33. The average Bonchev–Trinajstić information content (AvgIpc) is 2.86. The van der Waals surface area contributed by atoms with Crippen LogP contribution in [0.5, 0.6) is 5.75 Å². The van der Waals surface area contributed by atoms with Crippen molar-refractivity contribution < 1.29 is 29.1 Å². The van der Waals surface area contributed by atoms with E-state index in [2.05, 4.69) is 18.2 Å². The smallest absolute Gasteiger partial charge is 0.339 e. The molecule has 1 aromatic rings. The summed E-state index contributed by atoms with van der Waals surface area (Å²) in [4.78, 5) is 44.0. The van der Waals surface area contributed by atoms with E-state index in [9.17, 15) is 19.5 Å². The normalized spacial score (nSPS) is 15.1. The van der Waals surface area contributed by atoms with Crippen LogP contribution in [-0.2, 0) is 20.8 Å². The Balaban J connectivity index is 2.12. The first-order chi connectivity index (χ1) is 17.3. The minimum atomic E-state index is -0.711. The fourth-order valence-electron chi connectivity index (χ4n) is 3.96. The first-order valence-corrected chi connectivity index (χ1v) is 12.9. The summed E-state index contributed by atoms with van der Waals surface area (Å²) in [6, 6.07) is 1.14. The number of esters is 1. The fourth-order valence-corrected chi connectivity index (χ4v) is 4.18. The van der Waals surface area contributed by atoms with Gasteiger partial charge in [-0.05, 0) is 51.2 Å². The molecule has 8 nitrogen and oxygen atoms in total. The summed E-state index contributed by atoms with van der Waals surface area (Å²) in [7, 11) is 0. The Kier molecular flexibility index (Phi) is 12.5. The molecular formula is C27H37ClN2O6. The van der Waals surface area contributed by atoms with Crippen molar-refractivity contribution in [2.75, 3.05) is 19.7 Å². The number of piperidine rings is 1. The molecule has 1 saturated heterocycles. The first kappa shape index (κ1) is 29.4. The molecule has 0 aliphatic carbocycles. The zero-order chi connectivity index (χ0) is 26.5. The van der Waals surface area contributed by atoms with Gasteiger partial charge in [0.05, 0.1) is 16.3 Å². The van der Waals surface area contributed by atoms with Crippen LogP contribution in [0.1, 0.15) is 92.0 Å². The Morgan fingerprint density at radius 3 is 2.64 bits per heavy atom. The van der Waals surface area contributed by atoms with Crippen molar-refractivity contribution >= 4 is 35.5 Å². The minimum Gasteiger partial charge on any atom is -0.506 e. The second kappa shape index (κ2) is 15.3. The number of phenols is 1. The highest BCUT2D eigenvalue weighted by Gasteiger charge is 2.25. The Bertz CT molecular complexity index is 970. The van der Waals surface area contributed by atoms with Crippen LogP contribution in [0.3, 0.4) is 0 Å². The monoisotopic (exact) mass is 520 g/mol. The predicted molar refractivity (Wildman–Crippen MR) is 140 cm³/mol. The summed E-state index contributed by atoms with van der Waals surface area (Å²) >= 11 is 6.33. The number of aromatic hydroxyl groups is 1. The van der Waals surface area contributed by atoms with Gasteiger partial charge in [0.25, 0.3) is 5.91 Å². The second-order valence-corrected chi connectivity index (χ2v) is 9.43. The van der Waals surface area contributed by atoms with E-state index in [1.165, 1.54) is 0 Å². The fraction of sp³-hybridized carbons (Fsp3) is 0.556. The molecule has 1 aliphatic rings. The van der Waals surface area contributed by atoms with Gasteiger partial charge in [0.2, 0.25) is 0 Å². The maximum atomic E-state index is 13.0. The van der Waals surface area contributed by atoms with Crippen molar-refractivity contribution in [3.8, 4) is 5.75 Å². The average molecular weight is 521 g/mol. The predicted octanol–water partition coefficient (Wildman–Crippen LogP) is 5.49. The molecule has 198 valence electrons. The van der Waals surface area contributed by atoms with Crippen molar-refractivity contribution in [3.63, 3.8) is 0 Å². The van der Waals surface area contributed by atoms with E-state index >= 15 is 0 Å². The SMILES string of the molecule is CCCC/C=C/C[C@@H](C)OC(=O)c1c(C=O)cc(O)c(Cl)c1C/C(C)=N\OCC(=O)N1CCCCC1. The van der Waals surface area contributed by atoms with Gasteiger partial charge < -0.3 is 19.6 Å². The molecule has 0 radical (unpaired) electrons. The van der Waals surface area contributed by atoms with E-state index in [0.29, 0.717) is 18.4 Å². The van der Waals surface area contributed by atoms with Gasteiger partial charge in [-0.1, -0.05) is 48.7 Å². The lowest BCUT2D eigenvalue weighted by atomic mass is 9.97. The minimum absolute atomic E-state index is 0.0156. The number of aldehydes is 1. The number of nitrogens with zero attached hydrogens (tertiary/aromatic N) is 2. The number of phenolic OH excluding ortho intramolecular Hbond substituents is 1. The van der Waals surface area contributed by atoms with Gasteiger partial charge in [0.15, 0.2) is 12.9 Å². The quantitative estimate of drug-likeness (QED) is 0.0920. The van der Waals surface area contributed by atoms with E-state index in [-0.39, 0.29) is 46.4 Å². The maximum absolute atomic E-state index is 13.0. The summed E-state index contributed by atoms with van der Waals surface area (Å²) < 4.78 is 5.57. The number of benzene rings is 1. The molecule has 0 unspecified atom stereocenters. The molecule has 1 fully saturated rings. The molecule has 36 heavy (non-hydrogen) atoms. The Hall–Kier alpha value is -2.87. The third kappa shape index (κ3) is 8.97. The van der Waals surface area contributed by atoms with E-state index in [1.54, 1.807) is 18.7 Å². The number of likely N-dealkylation sites (tertiary alicyclic amines) is 1. The summed E-state index contributed by atoms with van der Waals surface area (Å²) in [6.45, 7) is 6.78. The summed E-state index contributed by atoms with van der Waals surface area (Å²) in [6.07, 6.45) is 10.9. The number of allylic oxidation sites excluding steroid dienone is 1. The molecule has 1 aromatic carbocycles.